The lowest BCUT2D eigenvalue weighted by atomic mass is 9.95. The van der Waals surface area contributed by atoms with Gasteiger partial charge in [-0.1, -0.05) is 12.1 Å². The minimum absolute atomic E-state index is 0.0699. The van der Waals surface area contributed by atoms with Gasteiger partial charge in [0.2, 0.25) is 0 Å². The van der Waals surface area contributed by atoms with E-state index in [0.717, 1.165) is 36.1 Å². The van der Waals surface area contributed by atoms with Crippen LogP contribution in [-0.4, -0.2) is 33.2 Å². The number of fused-ring (bicyclic) bond motifs is 1. The number of hydrogen-bond donors (Lipinski definition) is 1. The zero-order chi connectivity index (χ0) is 20.3. The first-order valence-electron chi connectivity index (χ1n) is 9.18. The van der Waals surface area contributed by atoms with Gasteiger partial charge in [0.25, 0.3) is 5.91 Å². The van der Waals surface area contributed by atoms with E-state index in [1.165, 1.54) is 17.6 Å². The fourth-order valence-electron chi connectivity index (χ4n) is 3.30. The molecule has 1 N–H and O–H groups in total. The molecule has 0 atom stereocenters. The quantitative estimate of drug-likeness (QED) is 0.720. The van der Waals surface area contributed by atoms with Crippen LogP contribution in [0.4, 0.5) is 5.00 Å². The molecule has 0 unspecified atom stereocenters. The summed E-state index contributed by atoms with van der Waals surface area (Å²) in [6.45, 7) is 2.03. The third kappa shape index (κ3) is 4.80. The van der Waals surface area contributed by atoms with Gasteiger partial charge in [-0.15, -0.1) is 11.3 Å². The second-order valence-corrected chi connectivity index (χ2v) is 10.1. The normalized spacial score (nSPS) is 13.6. The largest absolute Gasteiger partial charge is 0.462 e. The molecule has 1 aromatic carbocycles. The number of carbonyl (C=O) groups excluding carboxylic acids is 2. The Bertz CT molecular complexity index is 990. The number of sulfone groups is 1. The van der Waals surface area contributed by atoms with Crippen molar-refractivity contribution in [3.05, 3.63) is 51.4 Å². The first kappa shape index (κ1) is 20.5. The average Bonchev–Trinajstić information content (AvgIpc) is 2.99. The van der Waals surface area contributed by atoms with E-state index in [9.17, 15) is 18.0 Å². The van der Waals surface area contributed by atoms with E-state index in [-0.39, 0.29) is 18.3 Å². The molecule has 2 aromatic rings. The first-order chi connectivity index (χ1) is 13.3. The SMILES string of the molecule is CCOC(=O)c1c(NC(=O)c2ccc(CS(C)(=O)=O)cc2)sc2c1CCCC2. The van der Waals surface area contributed by atoms with Crippen LogP contribution in [-0.2, 0) is 33.2 Å². The maximum atomic E-state index is 12.7. The fourth-order valence-corrected chi connectivity index (χ4v) is 5.37. The number of amides is 1. The smallest absolute Gasteiger partial charge is 0.341 e. The summed E-state index contributed by atoms with van der Waals surface area (Å²) >= 11 is 1.44. The number of ether oxygens (including phenoxy) is 1. The molecule has 1 heterocycles. The molecule has 0 saturated heterocycles. The number of hydrogen-bond acceptors (Lipinski definition) is 6. The number of benzene rings is 1. The van der Waals surface area contributed by atoms with E-state index in [0.29, 0.717) is 21.7 Å². The van der Waals surface area contributed by atoms with Crippen LogP contribution in [0.5, 0.6) is 0 Å². The Morgan fingerprint density at radius 1 is 1.14 bits per heavy atom. The maximum Gasteiger partial charge on any atom is 0.341 e. The third-order valence-electron chi connectivity index (χ3n) is 4.52. The number of nitrogens with one attached hydrogen (secondary N) is 1. The van der Waals surface area contributed by atoms with Gasteiger partial charge >= 0.3 is 5.97 Å². The van der Waals surface area contributed by atoms with Crippen LogP contribution in [0.2, 0.25) is 0 Å². The molecule has 8 heteroatoms. The Balaban J connectivity index is 1.84. The summed E-state index contributed by atoms with van der Waals surface area (Å²) in [6.07, 6.45) is 4.98. The Morgan fingerprint density at radius 3 is 2.46 bits per heavy atom. The van der Waals surface area contributed by atoms with Crippen molar-refractivity contribution >= 4 is 38.1 Å². The number of thiophene rings is 1. The van der Waals surface area contributed by atoms with E-state index in [1.807, 2.05) is 0 Å². The maximum absolute atomic E-state index is 12.7. The molecular weight excluding hydrogens is 398 g/mol. The van der Waals surface area contributed by atoms with Crippen molar-refractivity contribution in [3.8, 4) is 0 Å². The van der Waals surface area contributed by atoms with Gasteiger partial charge in [0.15, 0.2) is 9.84 Å². The van der Waals surface area contributed by atoms with Crippen LogP contribution in [0.1, 0.15) is 56.5 Å². The highest BCUT2D eigenvalue weighted by Gasteiger charge is 2.27. The molecule has 28 heavy (non-hydrogen) atoms. The predicted octanol–water partition coefficient (Wildman–Crippen LogP) is 3.60. The molecule has 0 fully saturated rings. The van der Waals surface area contributed by atoms with Gasteiger partial charge in [-0.05, 0) is 55.9 Å². The fraction of sp³-hybridized carbons (Fsp3) is 0.400. The molecule has 6 nitrogen and oxygen atoms in total. The van der Waals surface area contributed by atoms with Crippen molar-refractivity contribution in [1.29, 1.82) is 0 Å². The van der Waals surface area contributed by atoms with E-state index in [4.69, 9.17) is 4.74 Å². The summed E-state index contributed by atoms with van der Waals surface area (Å²) in [5.74, 6) is -0.810. The zero-order valence-electron chi connectivity index (χ0n) is 15.9. The second-order valence-electron chi connectivity index (χ2n) is 6.86. The van der Waals surface area contributed by atoms with Crippen molar-refractivity contribution in [2.75, 3.05) is 18.2 Å². The van der Waals surface area contributed by atoms with Crippen LogP contribution in [0, 0.1) is 0 Å². The van der Waals surface area contributed by atoms with Crippen molar-refractivity contribution in [2.24, 2.45) is 0 Å². The molecule has 0 bridgehead atoms. The molecule has 1 aliphatic carbocycles. The lowest BCUT2D eigenvalue weighted by molar-refractivity contribution is 0.0526. The molecule has 1 aliphatic rings. The molecule has 3 rings (SSSR count). The number of anilines is 1. The minimum atomic E-state index is -3.13. The summed E-state index contributed by atoms with van der Waals surface area (Å²) < 4.78 is 28.0. The highest BCUT2D eigenvalue weighted by molar-refractivity contribution is 7.89. The summed E-state index contributed by atoms with van der Waals surface area (Å²) in [5.41, 5.74) is 2.49. The molecule has 1 aromatic heterocycles. The van der Waals surface area contributed by atoms with Crippen LogP contribution in [0.25, 0.3) is 0 Å². The standard InChI is InChI=1S/C20H23NO5S2/c1-3-26-20(23)17-15-6-4-5-7-16(15)27-19(17)21-18(22)14-10-8-13(9-11-14)12-28(2,24)25/h8-11H,3-7,12H2,1-2H3,(H,21,22). The topological polar surface area (TPSA) is 89.5 Å². The summed E-state index contributed by atoms with van der Waals surface area (Å²) in [6, 6.07) is 6.43. The Kier molecular flexibility index (Phi) is 6.20. The summed E-state index contributed by atoms with van der Waals surface area (Å²) in [4.78, 5) is 26.3. The van der Waals surface area contributed by atoms with Crippen LogP contribution < -0.4 is 5.32 Å². The molecule has 0 aliphatic heterocycles. The average molecular weight is 422 g/mol. The van der Waals surface area contributed by atoms with Crippen molar-refractivity contribution in [3.63, 3.8) is 0 Å². The Hall–Kier alpha value is -2.19. The molecule has 0 saturated carbocycles. The highest BCUT2D eigenvalue weighted by Crippen LogP contribution is 2.38. The van der Waals surface area contributed by atoms with E-state index < -0.39 is 15.8 Å². The number of aryl methyl sites for hydroxylation is 1. The van der Waals surface area contributed by atoms with E-state index in [1.54, 1.807) is 31.2 Å². The van der Waals surface area contributed by atoms with Gasteiger partial charge in [0.1, 0.15) is 5.00 Å². The van der Waals surface area contributed by atoms with Gasteiger partial charge in [-0.2, -0.15) is 0 Å². The van der Waals surface area contributed by atoms with Gasteiger partial charge in [-0.3, -0.25) is 4.79 Å². The van der Waals surface area contributed by atoms with Crippen molar-refractivity contribution in [2.45, 2.75) is 38.4 Å². The summed E-state index contributed by atoms with van der Waals surface area (Å²) in [5, 5.41) is 3.38. The lowest BCUT2D eigenvalue weighted by Crippen LogP contribution is -2.15. The Morgan fingerprint density at radius 2 is 1.82 bits per heavy atom. The Labute approximate surface area is 168 Å². The van der Waals surface area contributed by atoms with Gasteiger partial charge in [0.05, 0.1) is 17.9 Å². The predicted molar refractivity (Wildman–Crippen MR) is 110 cm³/mol. The van der Waals surface area contributed by atoms with Gasteiger partial charge in [-0.25, -0.2) is 13.2 Å². The molecular formula is C20H23NO5S2. The van der Waals surface area contributed by atoms with Crippen LogP contribution in [0.3, 0.4) is 0 Å². The minimum Gasteiger partial charge on any atom is -0.462 e. The van der Waals surface area contributed by atoms with Crippen molar-refractivity contribution < 1.29 is 22.7 Å². The number of esters is 1. The van der Waals surface area contributed by atoms with Gasteiger partial charge in [0, 0.05) is 16.7 Å². The van der Waals surface area contributed by atoms with E-state index in [2.05, 4.69) is 5.32 Å². The zero-order valence-corrected chi connectivity index (χ0v) is 17.5. The lowest BCUT2D eigenvalue weighted by Gasteiger charge is -2.12. The number of rotatable bonds is 6. The van der Waals surface area contributed by atoms with E-state index >= 15 is 0 Å². The molecule has 150 valence electrons. The first-order valence-corrected chi connectivity index (χ1v) is 12.1. The highest BCUT2D eigenvalue weighted by atomic mass is 32.2. The second kappa shape index (κ2) is 8.45. The molecule has 0 spiro atoms. The summed E-state index contributed by atoms with van der Waals surface area (Å²) in [7, 11) is -3.13. The van der Waals surface area contributed by atoms with Crippen LogP contribution >= 0.6 is 11.3 Å². The molecule has 1 amide bonds. The number of carbonyl (C=O) groups is 2. The third-order valence-corrected chi connectivity index (χ3v) is 6.59. The van der Waals surface area contributed by atoms with Gasteiger partial charge < -0.3 is 10.1 Å². The monoisotopic (exact) mass is 421 g/mol. The van der Waals surface area contributed by atoms with Crippen molar-refractivity contribution in [1.82, 2.24) is 0 Å². The van der Waals surface area contributed by atoms with Crippen LogP contribution in [0.15, 0.2) is 24.3 Å². The molecule has 0 radical (unpaired) electrons.